The molecule has 0 saturated heterocycles. The monoisotopic (exact) mass is 449 g/mol. The lowest BCUT2D eigenvalue weighted by molar-refractivity contribution is 0.262. The smallest absolute Gasteiger partial charge is 0.323 e. The topological polar surface area (TPSA) is 79.4 Å². The third kappa shape index (κ3) is 5.78. The van der Waals surface area contributed by atoms with Crippen molar-refractivity contribution in [3.63, 3.8) is 0 Å². The first-order valence-corrected chi connectivity index (χ1v) is 10.1. The second-order valence-corrected chi connectivity index (χ2v) is 7.58. The Morgan fingerprint density at radius 3 is 2.30 bits per heavy atom. The van der Waals surface area contributed by atoms with Crippen LogP contribution in [0.4, 0.5) is 25.0 Å². The number of halogens is 2. The zero-order valence-electron chi connectivity index (χ0n) is 18.0. The predicted molar refractivity (Wildman–Crippen MR) is 122 cm³/mol. The lowest BCUT2D eigenvalue weighted by atomic mass is 10.2. The second-order valence-electron chi connectivity index (χ2n) is 7.58. The number of carbonyl (C=O) groups is 1. The molecule has 1 heterocycles. The summed E-state index contributed by atoms with van der Waals surface area (Å²) in [5.74, 6) is -0.846. The van der Waals surface area contributed by atoms with Crippen LogP contribution in [0.3, 0.4) is 0 Å². The number of amides is 2. The molecule has 0 atom stereocenters. The Labute approximate surface area is 189 Å². The van der Waals surface area contributed by atoms with Crippen LogP contribution in [0.25, 0.3) is 11.0 Å². The molecule has 9 heteroatoms. The Kier molecular flexibility index (Phi) is 6.41. The molecule has 0 aliphatic rings. The fourth-order valence-electron chi connectivity index (χ4n) is 3.10. The number of aromatic nitrogens is 2. The van der Waals surface area contributed by atoms with Crippen LogP contribution in [0, 0.1) is 11.6 Å². The quantitative estimate of drug-likeness (QED) is 0.412. The Bertz CT molecular complexity index is 1300. The number of anilines is 2. The molecule has 0 unspecified atom stereocenters. The van der Waals surface area contributed by atoms with Crippen molar-refractivity contribution < 1.29 is 18.3 Å². The van der Waals surface area contributed by atoms with E-state index < -0.39 is 17.7 Å². The van der Waals surface area contributed by atoms with E-state index in [4.69, 9.17) is 4.74 Å². The van der Waals surface area contributed by atoms with Gasteiger partial charge in [-0.3, -0.25) is 4.98 Å². The number of carbonyl (C=O) groups excluding carboxylic acids is 1. The molecule has 0 fully saturated rings. The Hall–Kier alpha value is -4.11. The second kappa shape index (κ2) is 9.58. The summed E-state index contributed by atoms with van der Waals surface area (Å²) in [4.78, 5) is 23.2. The molecule has 0 aliphatic heterocycles. The van der Waals surface area contributed by atoms with Gasteiger partial charge in [0.15, 0.2) is 11.6 Å². The number of fused-ring (bicyclic) bond motifs is 1. The fraction of sp³-hybridized carbons (Fsp3) is 0.125. The summed E-state index contributed by atoms with van der Waals surface area (Å²) in [5, 5.41) is 5.06. The molecule has 2 N–H and O–H groups in total. The molecule has 0 bridgehead atoms. The molecule has 4 rings (SSSR count). The minimum absolute atomic E-state index is 0.138. The average molecular weight is 449 g/mol. The summed E-state index contributed by atoms with van der Waals surface area (Å²) in [5.41, 5.74) is 3.01. The minimum atomic E-state index is -1.04. The summed E-state index contributed by atoms with van der Waals surface area (Å²) < 4.78 is 32.2. The van der Waals surface area contributed by atoms with Crippen molar-refractivity contribution in [3.05, 3.63) is 84.2 Å². The minimum Gasteiger partial charge on any atom is -0.457 e. The molecule has 0 radical (unpaired) electrons. The van der Waals surface area contributed by atoms with E-state index in [1.165, 1.54) is 6.07 Å². The van der Waals surface area contributed by atoms with Gasteiger partial charge in [0.1, 0.15) is 11.5 Å². The van der Waals surface area contributed by atoms with E-state index in [-0.39, 0.29) is 5.69 Å². The zero-order valence-corrected chi connectivity index (χ0v) is 18.0. The van der Waals surface area contributed by atoms with Gasteiger partial charge in [0, 0.05) is 30.1 Å². The van der Waals surface area contributed by atoms with Crippen molar-refractivity contribution >= 4 is 28.4 Å². The molecule has 1 aromatic heterocycles. The Morgan fingerprint density at radius 2 is 1.58 bits per heavy atom. The van der Waals surface area contributed by atoms with Gasteiger partial charge < -0.3 is 20.3 Å². The molecule has 0 saturated carbocycles. The SMILES string of the molecule is CN(C)Cc1cnc2ccc(Oc3ccc(NC(=O)Nc4ccc(F)c(F)c4)cc3)cc2n1. The number of urea groups is 1. The highest BCUT2D eigenvalue weighted by atomic mass is 19.2. The van der Waals surface area contributed by atoms with Gasteiger partial charge in [0.25, 0.3) is 0 Å². The number of rotatable bonds is 6. The molecule has 4 aromatic rings. The van der Waals surface area contributed by atoms with Gasteiger partial charge in [-0.1, -0.05) is 0 Å². The van der Waals surface area contributed by atoms with Crippen LogP contribution in [0.15, 0.2) is 66.9 Å². The maximum Gasteiger partial charge on any atom is 0.323 e. The van der Waals surface area contributed by atoms with Crippen LogP contribution in [-0.2, 0) is 6.54 Å². The number of hydrogen-bond donors (Lipinski definition) is 2. The lowest BCUT2D eigenvalue weighted by Crippen LogP contribution is -2.19. The van der Waals surface area contributed by atoms with E-state index >= 15 is 0 Å². The first-order valence-electron chi connectivity index (χ1n) is 10.1. The van der Waals surface area contributed by atoms with Crippen LogP contribution in [0.5, 0.6) is 11.5 Å². The van der Waals surface area contributed by atoms with E-state index in [0.29, 0.717) is 23.7 Å². The van der Waals surface area contributed by atoms with Crippen molar-refractivity contribution in [2.24, 2.45) is 0 Å². The molecular weight excluding hydrogens is 428 g/mol. The molecule has 168 valence electrons. The van der Waals surface area contributed by atoms with E-state index in [1.807, 2.05) is 37.2 Å². The third-order valence-electron chi connectivity index (χ3n) is 4.57. The zero-order chi connectivity index (χ0) is 23.4. The Morgan fingerprint density at radius 1 is 0.879 bits per heavy atom. The van der Waals surface area contributed by atoms with Gasteiger partial charge >= 0.3 is 6.03 Å². The first kappa shape index (κ1) is 22.1. The van der Waals surface area contributed by atoms with Gasteiger partial charge in [-0.05, 0) is 62.6 Å². The number of benzene rings is 3. The highest BCUT2D eigenvalue weighted by molar-refractivity contribution is 5.99. The fourth-order valence-corrected chi connectivity index (χ4v) is 3.10. The average Bonchev–Trinajstić information content (AvgIpc) is 2.77. The standard InChI is InChI=1S/C24H21F2N5O2/c1-31(2)14-17-13-27-22-10-8-19(12-23(22)28-17)33-18-6-3-15(4-7-18)29-24(32)30-16-5-9-20(25)21(26)11-16/h3-13H,14H2,1-2H3,(H2,29,30,32). The van der Waals surface area contributed by atoms with E-state index in [2.05, 4.69) is 20.6 Å². The van der Waals surface area contributed by atoms with Gasteiger partial charge in [-0.25, -0.2) is 18.6 Å². The van der Waals surface area contributed by atoms with Crippen LogP contribution < -0.4 is 15.4 Å². The maximum absolute atomic E-state index is 13.3. The van der Waals surface area contributed by atoms with Crippen LogP contribution in [0.2, 0.25) is 0 Å². The number of nitrogens with zero attached hydrogens (tertiary/aromatic N) is 3. The third-order valence-corrected chi connectivity index (χ3v) is 4.57. The first-order chi connectivity index (χ1) is 15.9. The summed E-state index contributed by atoms with van der Waals surface area (Å²) in [7, 11) is 3.94. The van der Waals surface area contributed by atoms with Crippen LogP contribution >= 0.6 is 0 Å². The highest BCUT2D eigenvalue weighted by Gasteiger charge is 2.08. The lowest BCUT2D eigenvalue weighted by Gasteiger charge is -2.11. The van der Waals surface area contributed by atoms with Crippen LogP contribution in [-0.4, -0.2) is 35.0 Å². The summed E-state index contributed by atoms with van der Waals surface area (Å²) in [6.45, 7) is 0.687. The van der Waals surface area contributed by atoms with E-state index in [9.17, 15) is 13.6 Å². The van der Waals surface area contributed by atoms with Crippen LogP contribution in [0.1, 0.15) is 5.69 Å². The predicted octanol–water partition coefficient (Wildman–Crippen LogP) is 5.41. The molecular formula is C24H21F2N5O2. The Balaban J connectivity index is 1.40. The number of hydrogen-bond acceptors (Lipinski definition) is 5. The normalized spacial score (nSPS) is 10.9. The van der Waals surface area contributed by atoms with E-state index in [1.54, 1.807) is 30.5 Å². The van der Waals surface area contributed by atoms with Crippen molar-refractivity contribution in [1.29, 1.82) is 0 Å². The van der Waals surface area contributed by atoms with Crippen molar-refractivity contribution in [1.82, 2.24) is 14.9 Å². The molecule has 0 spiro atoms. The summed E-state index contributed by atoms with van der Waals surface area (Å²) in [6, 6.07) is 14.7. The highest BCUT2D eigenvalue weighted by Crippen LogP contribution is 2.26. The molecule has 7 nitrogen and oxygen atoms in total. The van der Waals surface area contributed by atoms with Crippen molar-refractivity contribution in [3.8, 4) is 11.5 Å². The van der Waals surface area contributed by atoms with Crippen molar-refractivity contribution in [2.45, 2.75) is 6.54 Å². The van der Waals surface area contributed by atoms with Gasteiger partial charge in [-0.15, -0.1) is 0 Å². The van der Waals surface area contributed by atoms with Gasteiger partial charge in [0.2, 0.25) is 0 Å². The molecule has 0 aliphatic carbocycles. The summed E-state index contributed by atoms with van der Waals surface area (Å²) in [6.07, 6.45) is 1.76. The largest absolute Gasteiger partial charge is 0.457 e. The summed E-state index contributed by atoms with van der Waals surface area (Å²) >= 11 is 0. The molecule has 33 heavy (non-hydrogen) atoms. The van der Waals surface area contributed by atoms with Gasteiger partial charge in [-0.2, -0.15) is 0 Å². The molecule has 2 amide bonds. The van der Waals surface area contributed by atoms with Gasteiger partial charge in [0.05, 0.1) is 22.9 Å². The maximum atomic E-state index is 13.3. The molecule has 3 aromatic carbocycles. The number of nitrogens with one attached hydrogen (secondary N) is 2. The van der Waals surface area contributed by atoms with E-state index in [0.717, 1.165) is 28.9 Å². The van der Waals surface area contributed by atoms with Crippen molar-refractivity contribution in [2.75, 3.05) is 24.7 Å². The number of ether oxygens (including phenoxy) is 1.